The highest BCUT2D eigenvalue weighted by molar-refractivity contribution is 6.08. The van der Waals surface area contributed by atoms with Gasteiger partial charge in [-0.15, -0.1) is 0 Å². The van der Waals surface area contributed by atoms with Gasteiger partial charge in [0, 0.05) is 24.9 Å². The maximum Gasteiger partial charge on any atom is 0.215 e. The van der Waals surface area contributed by atoms with Gasteiger partial charge in [-0.05, 0) is 95.1 Å². The van der Waals surface area contributed by atoms with Gasteiger partial charge >= 0.3 is 0 Å². The molecule has 7 heteroatoms. The van der Waals surface area contributed by atoms with Crippen LogP contribution in [0.3, 0.4) is 0 Å². The molecule has 0 aliphatic carbocycles. The zero-order valence-electron chi connectivity index (χ0n) is 25.6. The molecule has 6 aromatic carbocycles. The summed E-state index contributed by atoms with van der Waals surface area (Å²) < 4.78 is 15.2. The molecule has 0 saturated carbocycles. The summed E-state index contributed by atoms with van der Waals surface area (Å²) in [6.45, 7) is 0. The van der Waals surface area contributed by atoms with E-state index in [1.165, 1.54) is 0 Å². The second-order valence-electron chi connectivity index (χ2n) is 12.5. The Kier molecular flexibility index (Phi) is 4.60. The highest BCUT2D eigenvalue weighted by Gasteiger charge is 2.17. The van der Waals surface area contributed by atoms with E-state index in [-0.39, 0.29) is 0 Å². The molecule has 0 spiro atoms. The molecule has 0 unspecified atom stereocenters. The Morgan fingerprint density at radius 3 is 1.34 bits per heavy atom. The van der Waals surface area contributed by atoms with E-state index in [9.17, 15) is 0 Å². The van der Waals surface area contributed by atoms with Gasteiger partial charge in [0.25, 0.3) is 0 Å². The molecule has 5 aromatic heterocycles. The maximum absolute atomic E-state index is 6.34. The molecule has 0 radical (unpaired) electrons. The molecule has 5 heterocycles. The molecule has 0 aliphatic rings. The quantitative estimate of drug-likeness (QED) is 0.197. The number of hydrogen-bond acceptors (Lipinski definition) is 3. The number of benzene rings is 6. The monoisotopic (exact) mass is 606 g/mol. The number of para-hydroxylation sites is 4. The number of hydrogen-bond donors (Lipinski definition) is 0. The highest BCUT2D eigenvalue weighted by Crippen LogP contribution is 2.37. The number of nitrogens with zero attached hydrogens (tertiary/aromatic N) is 6. The maximum atomic E-state index is 6.34. The Balaban J connectivity index is 1.08. The lowest BCUT2D eigenvalue weighted by Crippen LogP contribution is -1.88. The van der Waals surface area contributed by atoms with E-state index >= 15 is 0 Å². The molecule has 0 fully saturated rings. The predicted molar refractivity (Wildman–Crippen MR) is 190 cm³/mol. The number of rotatable bonds is 2. The summed E-state index contributed by atoms with van der Waals surface area (Å²) in [5.74, 6) is 1.88. The molecule has 0 aliphatic heterocycles. The molecule has 11 aromatic rings. The summed E-state index contributed by atoms with van der Waals surface area (Å²) in [6.07, 6.45) is 0. The molecule has 11 rings (SSSR count). The van der Waals surface area contributed by atoms with Gasteiger partial charge in [-0.3, -0.25) is 8.80 Å². The van der Waals surface area contributed by atoms with E-state index in [0.717, 1.165) is 99.9 Å². The molecule has 0 saturated heterocycles. The summed E-state index contributed by atoms with van der Waals surface area (Å²) in [6, 6.07) is 43.0. The van der Waals surface area contributed by atoms with Crippen molar-refractivity contribution >= 4 is 77.6 Å². The lowest BCUT2D eigenvalue weighted by molar-refractivity contribution is 0.669. The number of imidazole rings is 4. The van der Waals surface area contributed by atoms with Crippen LogP contribution in [0, 0.1) is 0 Å². The fraction of sp³-hybridized carbons (Fsp3) is 0.0500. The van der Waals surface area contributed by atoms with Crippen molar-refractivity contribution in [2.45, 2.75) is 0 Å². The fourth-order valence-corrected chi connectivity index (χ4v) is 7.63. The third kappa shape index (κ3) is 3.24. The first-order valence-electron chi connectivity index (χ1n) is 15.8. The van der Waals surface area contributed by atoms with Crippen LogP contribution in [-0.4, -0.2) is 27.9 Å². The SMILES string of the molecule is Cn1c2ccc(-c3ccc4oc5ccc(-c6ccc7c(c6)n6c8ccccc8nc6n7C)cc5c4c3)cc2n2c3ccccc3nc12. The van der Waals surface area contributed by atoms with E-state index in [4.69, 9.17) is 14.4 Å². The zero-order valence-corrected chi connectivity index (χ0v) is 25.6. The van der Waals surface area contributed by atoms with Crippen molar-refractivity contribution in [1.82, 2.24) is 27.9 Å². The van der Waals surface area contributed by atoms with Crippen molar-refractivity contribution in [3.05, 3.63) is 121 Å². The minimum Gasteiger partial charge on any atom is -0.456 e. The summed E-state index contributed by atoms with van der Waals surface area (Å²) in [5.41, 5.74) is 15.2. The summed E-state index contributed by atoms with van der Waals surface area (Å²) in [7, 11) is 4.17. The van der Waals surface area contributed by atoms with Crippen LogP contribution in [0.15, 0.2) is 126 Å². The molecule has 0 amide bonds. The third-order valence-corrected chi connectivity index (χ3v) is 9.98. The standard InChI is InChI=1S/C40H26N6O/c1-43-33-15-11-25(21-35(33)45-31-9-5-3-7-29(31)41-39(43)45)23-13-17-37-27(19-23)28-20-24(14-18-38(28)47-37)26-12-16-34-36(22-26)46-32-10-6-4-8-30(32)42-40(46)44(34)2/h3-22H,1-2H3. The topological polar surface area (TPSA) is 57.6 Å². The number of aryl methyl sites for hydroxylation is 2. The Hall–Kier alpha value is -6.34. The average molecular weight is 607 g/mol. The van der Waals surface area contributed by atoms with Gasteiger partial charge in [-0.1, -0.05) is 48.5 Å². The minimum atomic E-state index is 0.884. The number of aromatic nitrogens is 6. The van der Waals surface area contributed by atoms with Gasteiger partial charge in [0.2, 0.25) is 11.6 Å². The lowest BCUT2D eigenvalue weighted by Gasteiger charge is -2.05. The van der Waals surface area contributed by atoms with Crippen LogP contribution < -0.4 is 0 Å². The van der Waals surface area contributed by atoms with Crippen molar-refractivity contribution in [3.8, 4) is 22.3 Å². The molecule has 0 N–H and O–H groups in total. The van der Waals surface area contributed by atoms with E-state index < -0.39 is 0 Å². The van der Waals surface area contributed by atoms with Crippen molar-refractivity contribution < 1.29 is 4.42 Å². The van der Waals surface area contributed by atoms with Crippen LogP contribution in [0.5, 0.6) is 0 Å². The molecule has 0 atom stereocenters. The zero-order chi connectivity index (χ0) is 31.0. The Labute approximate surface area is 267 Å². The van der Waals surface area contributed by atoms with Crippen molar-refractivity contribution in [2.75, 3.05) is 0 Å². The van der Waals surface area contributed by atoms with Crippen LogP contribution >= 0.6 is 0 Å². The molecule has 7 nitrogen and oxygen atoms in total. The van der Waals surface area contributed by atoms with E-state index in [0.29, 0.717) is 0 Å². The second-order valence-corrected chi connectivity index (χ2v) is 12.5. The Morgan fingerprint density at radius 2 is 0.851 bits per heavy atom. The number of furan rings is 1. The fourth-order valence-electron chi connectivity index (χ4n) is 7.63. The van der Waals surface area contributed by atoms with Gasteiger partial charge in [0.05, 0.1) is 44.1 Å². The van der Waals surface area contributed by atoms with Crippen molar-refractivity contribution in [2.24, 2.45) is 14.1 Å². The van der Waals surface area contributed by atoms with Crippen LogP contribution in [0.25, 0.3) is 99.9 Å². The predicted octanol–water partition coefficient (Wildman–Crippen LogP) is 9.51. The highest BCUT2D eigenvalue weighted by atomic mass is 16.3. The normalized spacial score (nSPS) is 12.5. The summed E-state index contributed by atoms with van der Waals surface area (Å²) >= 11 is 0. The molecule has 0 bridgehead atoms. The van der Waals surface area contributed by atoms with Crippen LogP contribution in [-0.2, 0) is 14.1 Å². The first-order chi connectivity index (χ1) is 23.1. The summed E-state index contributed by atoms with van der Waals surface area (Å²) in [5, 5.41) is 2.21. The first kappa shape index (κ1) is 24.9. The first-order valence-corrected chi connectivity index (χ1v) is 15.8. The molecule has 222 valence electrons. The smallest absolute Gasteiger partial charge is 0.215 e. The average Bonchev–Trinajstić information content (AvgIpc) is 3.90. The Morgan fingerprint density at radius 1 is 0.426 bits per heavy atom. The second kappa shape index (κ2) is 8.68. The molecular formula is C40H26N6O. The molecular weight excluding hydrogens is 580 g/mol. The largest absolute Gasteiger partial charge is 0.456 e. The van der Waals surface area contributed by atoms with Gasteiger partial charge in [0.15, 0.2) is 0 Å². The number of fused-ring (bicyclic) bond motifs is 13. The van der Waals surface area contributed by atoms with Crippen molar-refractivity contribution in [1.29, 1.82) is 0 Å². The van der Waals surface area contributed by atoms with Gasteiger partial charge in [0.1, 0.15) is 11.2 Å². The van der Waals surface area contributed by atoms with Gasteiger partial charge in [-0.25, -0.2) is 9.97 Å². The minimum absolute atomic E-state index is 0.884. The lowest BCUT2D eigenvalue weighted by atomic mass is 9.99. The Bertz CT molecular complexity index is 2900. The van der Waals surface area contributed by atoms with Gasteiger partial charge < -0.3 is 13.6 Å². The van der Waals surface area contributed by atoms with Crippen LogP contribution in [0.2, 0.25) is 0 Å². The van der Waals surface area contributed by atoms with Crippen LogP contribution in [0.1, 0.15) is 0 Å². The van der Waals surface area contributed by atoms with Crippen molar-refractivity contribution in [3.63, 3.8) is 0 Å². The van der Waals surface area contributed by atoms with E-state index in [2.05, 4.69) is 141 Å². The third-order valence-electron chi connectivity index (χ3n) is 9.98. The summed E-state index contributed by atoms with van der Waals surface area (Å²) in [4.78, 5) is 9.81. The molecule has 47 heavy (non-hydrogen) atoms. The van der Waals surface area contributed by atoms with Gasteiger partial charge in [-0.2, -0.15) is 0 Å². The van der Waals surface area contributed by atoms with E-state index in [1.54, 1.807) is 0 Å². The van der Waals surface area contributed by atoms with Crippen LogP contribution in [0.4, 0.5) is 0 Å². The van der Waals surface area contributed by atoms with E-state index in [1.807, 2.05) is 12.1 Å².